The molecule has 0 atom stereocenters. The maximum Gasteiger partial charge on any atom is 0.257 e. The molecule has 0 aromatic carbocycles. The van der Waals surface area contributed by atoms with Crippen LogP contribution in [0.5, 0.6) is 0 Å². The number of aliphatic hydroxyl groups is 1. The fourth-order valence-electron chi connectivity index (χ4n) is 2.53. The van der Waals surface area contributed by atoms with Crippen LogP contribution in [0.2, 0.25) is 0 Å². The number of hydrogen-bond donors (Lipinski definition) is 2. The summed E-state index contributed by atoms with van der Waals surface area (Å²) in [6.07, 6.45) is 5.86. The highest BCUT2D eigenvalue weighted by atomic mass is 16.3. The molecule has 0 unspecified atom stereocenters. The molecule has 98 valence electrons. The van der Waals surface area contributed by atoms with E-state index >= 15 is 0 Å². The number of nitrogens with zero attached hydrogens (tertiary/aromatic N) is 2. The molecule has 5 heteroatoms. The Kier molecular flexibility index (Phi) is 4.15. The van der Waals surface area contributed by atoms with Crippen molar-refractivity contribution in [3.05, 3.63) is 23.9 Å². The largest absolute Gasteiger partial charge is 0.395 e. The van der Waals surface area contributed by atoms with Gasteiger partial charge in [-0.2, -0.15) is 0 Å². The standard InChI is InChI=1S/C13H19N3O2/c14-12-11(6-3-7-15-12)13(18)16(8-9-17)10-4-1-2-5-10/h3,6-7,10,17H,1-2,4-5,8-9H2,(H2,14,15). The third-order valence-electron chi connectivity index (χ3n) is 3.44. The number of nitrogen functional groups attached to an aromatic ring is 1. The molecule has 1 fully saturated rings. The topological polar surface area (TPSA) is 79.5 Å². The van der Waals surface area contributed by atoms with Crippen molar-refractivity contribution in [3.63, 3.8) is 0 Å². The van der Waals surface area contributed by atoms with Crippen LogP contribution in [0.1, 0.15) is 36.0 Å². The van der Waals surface area contributed by atoms with Gasteiger partial charge in [0, 0.05) is 18.8 Å². The number of aliphatic hydroxyl groups excluding tert-OH is 1. The Morgan fingerprint density at radius 2 is 2.22 bits per heavy atom. The van der Waals surface area contributed by atoms with E-state index in [0.29, 0.717) is 12.1 Å². The minimum Gasteiger partial charge on any atom is -0.395 e. The van der Waals surface area contributed by atoms with Crippen molar-refractivity contribution in [3.8, 4) is 0 Å². The number of carbonyl (C=O) groups excluding carboxylic acids is 1. The highest BCUT2D eigenvalue weighted by Gasteiger charge is 2.27. The van der Waals surface area contributed by atoms with E-state index in [9.17, 15) is 4.79 Å². The molecule has 1 aromatic heterocycles. The van der Waals surface area contributed by atoms with Gasteiger partial charge in [-0.25, -0.2) is 4.98 Å². The molecular weight excluding hydrogens is 230 g/mol. The van der Waals surface area contributed by atoms with Gasteiger partial charge in [0.15, 0.2) is 0 Å². The Morgan fingerprint density at radius 1 is 1.50 bits per heavy atom. The summed E-state index contributed by atoms with van der Waals surface area (Å²) in [6, 6.07) is 3.61. The van der Waals surface area contributed by atoms with Crippen LogP contribution in [0.15, 0.2) is 18.3 Å². The first kappa shape index (κ1) is 12.8. The summed E-state index contributed by atoms with van der Waals surface area (Å²) in [6.45, 7) is 0.334. The summed E-state index contributed by atoms with van der Waals surface area (Å²) in [5.74, 6) is 0.130. The highest BCUT2D eigenvalue weighted by Crippen LogP contribution is 2.25. The van der Waals surface area contributed by atoms with Gasteiger partial charge in [-0.15, -0.1) is 0 Å². The summed E-state index contributed by atoms with van der Waals surface area (Å²) in [7, 11) is 0. The lowest BCUT2D eigenvalue weighted by atomic mass is 10.1. The Morgan fingerprint density at radius 3 is 2.83 bits per heavy atom. The second kappa shape index (κ2) is 5.82. The molecular formula is C13H19N3O2. The van der Waals surface area contributed by atoms with Crippen LogP contribution >= 0.6 is 0 Å². The first-order valence-corrected chi connectivity index (χ1v) is 6.36. The van der Waals surface area contributed by atoms with Crippen LogP contribution in [-0.4, -0.2) is 40.1 Å². The molecule has 2 rings (SSSR count). The number of carbonyl (C=O) groups is 1. The molecule has 0 bridgehead atoms. The smallest absolute Gasteiger partial charge is 0.257 e. The predicted molar refractivity (Wildman–Crippen MR) is 69.0 cm³/mol. The molecule has 18 heavy (non-hydrogen) atoms. The lowest BCUT2D eigenvalue weighted by Crippen LogP contribution is -2.41. The number of nitrogens with two attached hydrogens (primary N) is 1. The van der Waals surface area contributed by atoms with Gasteiger partial charge in [0.1, 0.15) is 5.82 Å². The molecule has 0 spiro atoms. The molecule has 1 aliphatic rings. The van der Waals surface area contributed by atoms with Crippen molar-refractivity contribution >= 4 is 11.7 Å². The van der Waals surface area contributed by atoms with E-state index in [1.807, 2.05) is 0 Å². The Balaban J connectivity index is 2.20. The van der Waals surface area contributed by atoms with Crippen molar-refractivity contribution < 1.29 is 9.90 Å². The fourth-order valence-corrected chi connectivity index (χ4v) is 2.53. The van der Waals surface area contributed by atoms with Crippen molar-refractivity contribution in [2.24, 2.45) is 0 Å². The van der Waals surface area contributed by atoms with Crippen molar-refractivity contribution in [1.82, 2.24) is 9.88 Å². The van der Waals surface area contributed by atoms with Crippen LogP contribution in [-0.2, 0) is 0 Å². The number of rotatable bonds is 4. The summed E-state index contributed by atoms with van der Waals surface area (Å²) in [5.41, 5.74) is 6.16. The quantitative estimate of drug-likeness (QED) is 0.835. The van der Waals surface area contributed by atoms with Gasteiger partial charge in [0.25, 0.3) is 5.91 Å². The minimum absolute atomic E-state index is 0.0254. The number of pyridine rings is 1. The molecule has 1 aliphatic carbocycles. The van der Waals surface area contributed by atoms with Crippen LogP contribution in [0.25, 0.3) is 0 Å². The number of hydrogen-bond acceptors (Lipinski definition) is 4. The number of anilines is 1. The van der Waals surface area contributed by atoms with Gasteiger partial charge in [-0.1, -0.05) is 12.8 Å². The Labute approximate surface area is 107 Å². The van der Waals surface area contributed by atoms with Crippen LogP contribution in [0.4, 0.5) is 5.82 Å². The molecule has 1 amide bonds. The van der Waals surface area contributed by atoms with Crippen LogP contribution in [0, 0.1) is 0 Å². The predicted octanol–water partition coefficient (Wildman–Crippen LogP) is 1.04. The minimum atomic E-state index is -0.124. The molecule has 0 aliphatic heterocycles. The molecule has 0 saturated heterocycles. The maximum atomic E-state index is 12.4. The van der Waals surface area contributed by atoms with E-state index in [2.05, 4.69) is 4.98 Å². The van der Waals surface area contributed by atoms with E-state index < -0.39 is 0 Å². The normalized spacial score (nSPS) is 15.8. The van der Waals surface area contributed by atoms with Crippen molar-refractivity contribution in [1.29, 1.82) is 0 Å². The van der Waals surface area contributed by atoms with E-state index in [1.165, 1.54) is 0 Å². The molecule has 1 heterocycles. The maximum absolute atomic E-state index is 12.4. The first-order chi connectivity index (χ1) is 8.74. The second-order valence-corrected chi connectivity index (χ2v) is 4.60. The van der Waals surface area contributed by atoms with E-state index in [-0.39, 0.29) is 24.4 Å². The summed E-state index contributed by atoms with van der Waals surface area (Å²) >= 11 is 0. The van der Waals surface area contributed by atoms with E-state index in [1.54, 1.807) is 23.2 Å². The number of aromatic nitrogens is 1. The zero-order valence-corrected chi connectivity index (χ0v) is 10.4. The summed E-state index contributed by atoms with van der Waals surface area (Å²) < 4.78 is 0. The Hall–Kier alpha value is -1.62. The molecule has 1 saturated carbocycles. The third kappa shape index (κ3) is 2.61. The molecule has 3 N–H and O–H groups in total. The zero-order valence-electron chi connectivity index (χ0n) is 10.4. The lowest BCUT2D eigenvalue weighted by Gasteiger charge is -2.28. The van der Waals surface area contributed by atoms with Crippen LogP contribution in [0.3, 0.4) is 0 Å². The van der Waals surface area contributed by atoms with Gasteiger partial charge in [0.05, 0.1) is 12.2 Å². The summed E-state index contributed by atoms with van der Waals surface area (Å²) in [5, 5.41) is 9.12. The highest BCUT2D eigenvalue weighted by molar-refractivity contribution is 5.98. The Bertz CT molecular complexity index is 416. The van der Waals surface area contributed by atoms with Gasteiger partial charge < -0.3 is 15.7 Å². The SMILES string of the molecule is Nc1ncccc1C(=O)N(CCO)C1CCCC1. The average Bonchev–Trinajstić information content (AvgIpc) is 2.89. The van der Waals surface area contributed by atoms with Gasteiger partial charge >= 0.3 is 0 Å². The van der Waals surface area contributed by atoms with Crippen LogP contribution < -0.4 is 5.73 Å². The van der Waals surface area contributed by atoms with Gasteiger partial charge in [-0.3, -0.25) is 4.79 Å². The summed E-state index contributed by atoms with van der Waals surface area (Å²) in [4.78, 5) is 18.1. The van der Waals surface area contributed by atoms with Gasteiger partial charge in [0.2, 0.25) is 0 Å². The van der Waals surface area contributed by atoms with Gasteiger partial charge in [-0.05, 0) is 25.0 Å². The molecule has 5 nitrogen and oxygen atoms in total. The third-order valence-corrected chi connectivity index (χ3v) is 3.44. The fraction of sp³-hybridized carbons (Fsp3) is 0.538. The van der Waals surface area contributed by atoms with E-state index in [0.717, 1.165) is 25.7 Å². The average molecular weight is 249 g/mol. The zero-order chi connectivity index (χ0) is 13.0. The van der Waals surface area contributed by atoms with Crippen molar-refractivity contribution in [2.45, 2.75) is 31.7 Å². The van der Waals surface area contributed by atoms with Crippen molar-refractivity contribution in [2.75, 3.05) is 18.9 Å². The molecule has 1 aromatic rings. The second-order valence-electron chi connectivity index (χ2n) is 4.60. The van der Waals surface area contributed by atoms with E-state index in [4.69, 9.17) is 10.8 Å². The molecule has 0 radical (unpaired) electrons. The monoisotopic (exact) mass is 249 g/mol. The lowest BCUT2D eigenvalue weighted by molar-refractivity contribution is 0.0639. The number of amides is 1. The first-order valence-electron chi connectivity index (χ1n) is 6.36.